The molecule has 0 bridgehead atoms. The highest BCUT2D eigenvalue weighted by Crippen LogP contribution is 2.27. The summed E-state index contributed by atoms with van der Waals surface area (Å²) in [5.74, 6) is 0.651. The number of rotatable bonds is 5. The van der Waals surface area contributed by atoms with E-state index < -0.39 is 0 Å². The average Bonchev–Trinajstić information content (AvgIpc) is 3.03. The maximum absolute atomic E-state index is 12.4. The van der Waals surface area contributed by atoms with E-state index in [4.69, 9.17) is 5.73 Å². The van der Waals surface area contributed by atoms with Gasteiger partial charge in [-0.15, -0.1) is 10.2 Å². The van der Waals surface area contributed by atoms with Crippen LogP contribution in [0.5, 0.6) is 0 Å². The van der Waals surface area contributed by atoms with Crippen molar-refractivity contribution in [3.63, 3.8) is 0 Å². The second kappa shape index (κ2) is 7.67. The lowest BCUT2D eigenvalue weighted by atomic mass is 10.1. The highest BCUT2D eigenvalue weighted by Gasteiger charge is 2.09. The van der Waals surface area contributed by atoms with Crippen LogP contribution < -0.4 is 11.1 Å². The van der Waals surface area contributed by atoms with Gasteiger partial charge in [0.05, 0.1) is 0 Å². The summed E-state index contributed by atoms with van der Waals surface area (Å²) in [7, 11) is 0. The summed E-state index contributed by atoms with van der Waals surface area (Å²) in [6, 6.07) is 13.5. The molecule has 0 saturated heterocycles. The molecule has 0 saturated carbocycles. The van der Waals surface area contributed by atoms with E-state index >= 15 is 0 Å². The molecule has 2 aromatic carbocycles. The highest BCUT2D eigenvalue weighted by atomic mass is 32.2. The van der Waals surface area contributed by atoms with Crippen molar-refractivity contribution in [2.24, 2.45) is 0 Å². The van der Waals surface area contributed by atoms with Crippen molar-refractivity contribution in [2.45, 2.75) is 23.9 Å². The third kappa shape index (κ3) is 4.37. The van der Waals surface area contributed by atoms with Crippen LogP contribution in [0.3, 0.4) is 0 Å². The smallest absolute Gasteiger partial charge is 0.255 e. The molecule has 25 heavy (non-hydrogen) atoms. The second-order valence-corrected chi connectivity index (χ2v) is 7.82. The van der Waals surface area contributed by atoms with Crippen molar-refractivity contribution < 1.29 is 4.79 Å². The normalized spacial score (nSPS) is 10.6. The summed E-state index contributed by atoms with van der Waals surface area (Å²) in [6.45, 7) is 4.04. The van der Waals surface area contributed by atoms with Gasteiger partial charge in [0.25, 0.3) is 5.91 Å². The molecule has 0 unspecified atom stereocenters. The van der Waals surface area contributed by atoms with Gasteiger partial charge in [-0.05, 0) is 48.7 Å². The summed E-state index contributed by atoms with van der Waals surface area (Å²) in [5, 5.41) is 11.2. The number of amides is 1. The lowest BCUT2D eigenvalue weighted by Gasteiger charge is -2.10. The zero-order valence-corrected chi connectivity index (χ0v) is 15.6. The van der Waals surface area contributed by atoms with Crippen LogP contribution in [-0.2, 0) is 5.75 Å². The number of hydrogen-bond donors (Lipinski definition) is 2. The van der Waals surface area contributed by atoms with E-state index in [1.165, 1.54) is 11.3 Å². The van der Waals surface area contributed by atoms with Crippen molar-refractivity contribution in [1.29, 1.82) is 0 Å². The molecular formula is C18H18N4OS2. The molecule has 0 fully saturated rings. The predicted molar refractivity (Wildman–Crippen MR) is 104 cm³/mol. The first-order chi connectivity index (χ1) is 12.0. The number of hydrogen-bond acceptors (Lipinski definition) is 6. The van der Waals surface area contributed by atoms with Gasteiger partial charge in [-0.1, -0.05) is 47.4 Å². The molecule has 0 atom stereocenters. The Morgan fingerprint density at radius 3 is 2.60 bits per heavy atom. The van der Waals surface area contributed by atoms with Crippen LogP contribution >= 0.6 is 23.1 Å². The van der Waals surface area contributed by atoms with Gasteiger partial charge in [0.2, 0.25) is 5.13 Å². The maximum Gasteiger partial charge on any atom is 0.255 e. The van der Waals surface area contributed by atoms with Crippen LogP contribution in [-0.4, -0.2) is 16.1 Å². The van der Waals surface area contributed by atoms with Crippen molar-refractivity contribution in [1.82, 2.24) is 10.2 Å². The van der Waals surface area contributed by atoms with E-state index in [0.29, 0.717) is 10.7 Å². The monoisotopic (exact) mass is 370 g/mol. The molecule has 3 rings (SSSR count). The van der Waals surface area contributed by atoms with Gasteiger partial charge in [0.15, 0.2) is 4.34 Å². The molecule has 3 aromatic rings. The first-order valence-corrected chi connectivity index (χ1v) is 9.51. The van der Waals surface area contributed by atoms with E-state index in [1.54, 1.807) is 11.8 Å². The fourth-order valence-corrected chi connectivity index (χ4v) is 3.85. The van der Waals surface area contributed by atoms with Gasteiger partial charge in [-0.3, -0.25) is 4.79 Å². The van der Waals surface area contributed by atoms with E-state index in [0.717, 1.165) is 32.5 Å². The average molecular weight is 371 g/mol. The van der Waals surface area contributed by atoms with Crippen LogP contribution in [0.4, 0.5) is 10.8 Å². The molecule has 0 radical (unpaired) electrons. The quantitative estimate of drug-likeness (QED) is 0.655. The first kappa shape index (κ1) is 17.4. The minimum absolute atomic E-state index is 0.107. The minimum atomic E-state index is -0.107. The van der Waals surface area contributed by atoms with Gasteiger partial charge >= 0.3 is 0 Å². The maximum atomic E-state index is 12.4. The van der Waals surface area contributed by atoms with Gasteiger partial charge in [-0.25, -0.2) is 0 Å². The molecule has 1 heterocycles. The molecule has 0 aliphatic rings. The highest BCUT2D eigenvalue weighted by molar-refractivity contribution is 8.00. The molecule has 0 aliphatic heterocycles. The Morgan fingerprint density at radius 1 is 1.16 bits per heavy atom. The molecule has 0 aliphatic carbocycles. The summed E-state index contributed by atoms with van der Waals surface area (Å²) in [5.41, 5.74) is 10.4. The molecule has 5 nitrogen and oxygen atoms in total. The zero-order valence-electron chi connectivity index (χ0n) is 13.9. The second-order valence-electron chi connectivity index (χ2n) is 5.59. The van der Waals surface area contributed by atoms with Crippen molar-refractivity contribution >= 4 is 39.8 Å². The fourth-order valence-electron chi connectivity index (χ4n) is 2.26. The molecule has 1 amide bonds. The lowest BCUT2D eigenvalue weighted by Crippen LogP contribution is -2.13. The largest absolute Gasteiger partial charge is 0.374 e. The van der Waals surface area contributed by atoms with Crippen LogP contribution in [0.2, 0.25) is 0 Å². The van der Waals surface area contributed by atoms with Gasteiger partial charge < -0.3 is 11.1 Å². The Bertz CT molecular complexity index is 890. The Hall–Kier alpha value is -2.38. The third-order valence-electron chi connectivity index (χ3n) is 3.85. The number of aromatic nitrogens is 2. The standard InChI is InChI=1S/C18H18N4OS2/c1-11-4-3-5-15(12(11)2)20-16(23)14-8-6-13(7-9-14)10-24-18-22-21-17(19)25-18/h3-9H,10H2,1-2H3,(H2,19,21)(H,20,23). The Kier molecular flexibility index (Phi) is 5.35. The number of nitrogens with two attached hydrogens (primary N) is 1. The van der Waals surface area contributed by atoms with Crippen molar-refractivity contribution in [3.05, 3.63) is 64.7 Å². The molecule has 128 valence electrons. The SMILES string of the molecule is Cc1cccc(NC(=O)c2ccc(CSc3nnc(N)s3)cc2)c1C. The Labute approximate surface area is 154 Å². The summed E-state index contributed by atoms with van der Waals surface area (Å²) < 4.78 is 0.842. The van der Waals surface area contributed by atoms with Crippen LogP contribution in [0.25, 0.3) is 0 Å². The van der Waals surface area contributed by atoms with Crippen molar-refractivity contribution in [2.75, 3.05) is 11.1 Å². The number of carbonyl (C=O) groups is 1. The zero-order chi connectivity index (χ0) is 17.8. The topological polar surface area (TPSA) is 80.9 Å². The molecule has 1 aromatic heterocycles. The van der Waals surface area contributed by atoms with E-state index in [2.05, 4.69) is 15.5 Å². The van der Waals surface area contributed by atoms with Crippen molar-refractivity contribution in [3.8, 4) is 0 Å². The number of carbonyl (C=O) groups excluding carboxylic acids is 1. The number of aryl methyl sites for hydroxylation is 1. The van der Waals surface area contributed by atoms with Gasteiger partial charge in [-0.2, -0.15) is 0 Å². The number of nitrogen functional groups attached to an aromatic ring is 1. The number of nitrogens with one attached hydrogen (secondary N) is 1. The Morgan fingerprint density at radius 2 is 1.92 bits per heavy atom. The number of thioether (sulfide) groups is 1. The van der Waals surface area contributed by atoms with Crippen LogP contribution in [0, 0.1) is 13.8 Å². The lowest BCUT2D eigenvalue weighted by molar-refractivity contribution is 0.102. The van der Waals surface area contributed by atoms with E-state index in [-0.39, 0.29) is 5.91 Å². The first-order valence-electron chi connectivity index (χ1n) is 7.71. The number of nitrogens with zero attached hydrogens (tertiary/aromatic N) is 2. The van der Waals surface area contributed by atoms with E-state index in [9.17, 15) is 4.79 Å². The minimum Gasteiger partial charge on any atom is -0.374 e. The summed E-state index contributed by atoms with van der Waals surface area (Å²) in [4.78, 5) is 12.4. The molecule has 0 spiro atoms. The third-order valence-corrected chi connectivity index (χ3v) is 5.81. The molecule has 3 N–H and O–H groups in total. The van der Waals surface area contributed by atoms with Gasteiger partial charge in [0, 0.05) is 17.0 Å². The van der Waals surface area contributed by atoms with E-state index in [1.807, 2.05) is 56.3 Å². The summed E-state index contributed by atoms with van der Waals surface area (Å²) in [6.07, 6.45) is 0. The molecule has 7 heteroatoms. The number of benzene rings is 2. The van der Waals surface area contributed by atoms with Gasteiger partial charge in [0.1, 0.15) is 0 Å². The Balaban J connectivity index is 1.63. The molecular weight excluding hydrogens is 352 g/mol. The fraction of sp³-hybridized carbons (Fsp3) is 0.167. The number of anilines is 2. The van der Waals surface area contributed by atoms with Crippen LogP contribution in [0.1, 0.15) is 27.0 Å². The summed E-state index contributed by atoms with van der Waals surface area (Å²) >= 11 is 2.95. The predicted octanol–water partition coefficient (Wildman–Crippen LogP) is 4.28. The van der Waals surface area contributed by atoms with Crippen LogP contribution in [0.15, 0.2) is 46.8 Å².